The molecule has 2 N–H and O–H groups in total. The molecule has 2 aliphatic rings. The van der Waals surface area contributed by atoms with E-state index < -0.39 is 23.7 Å². The van der Waals surface area contributed by atoms with Crippen molar-refractivity contribution in [2.45, 2.75) is 102 Å². The molecule has 0 bridgehead atoms. The second-order valence-corrected chi connectivity index (χ2v) is 13.4. The molecule has 0 aromatic heterocycles. The Kier molecular flexibility index (Phi) is 15.9. The summed E-state index contributed by atoms with van der Waals surface area (Å²) in [6.07, 6.45) is 1.41. The van der Waals surface area contributed by atoms with Crippen LogP contribution in [0.25, 0.3) is 0 Å². The van der Waals surface area contributed by atoms with E-state index in [4.69, 9.17) is 28.8 Å². The summed E-state index contributed by atoms with van der Waals surface area (Å²) in [5.41, 5.74) is 1.17. The van der Waals surface area contributed by atoms with E-state index in [2.05, 4.69) is 10.1 Å². The van der Waals surface area contributed by atoms with Crippen molar-refractivity contribution in [2.75, 3.05) is 40.5 Å². The molecule has 4 atom stereocenters. The fourth-order valence-electron chi connectivity index (χ4n) is 5.73. The Balaban J connectivity index is 0.000000341. The molecular formula is C37H54N2O10. The molecule has 0 spiro atoms. The predicted octanol–water partition coefficient (Wildman–Crippen LogP) is 4.41. The topological polar surface area (TPSA) is 142 Å². The number of carbonyl (C=O) groups excluding carboxylic acids is 3. The summed E-state index contributed by atoms with van der Waals surface area (Å²) < 4.78 is 32.9. The number of hydrogen-bond donors (Lipinski definition) is 2. The van der Waals surface area contributed by atoms with Crippen molar-refractivity contribution in [3.8, 4) is 0 Å². The van der Waals surface area contributed by atoms with Gasteiger partial charge in [-0.05, 0) is 51.7 Å². The third-order valence-electron chi connectivity index (χ3n) is 8.40. The molecule has 0 saturated carbocycles. The molecule has 2 fully saturated rings. The van der Waals surface area contributed by atoms with Gasteiger partial charge >= 0.3 is 18.0 Å². The van der Waals surface area contributed by atoms with E-state index in [1.807, 2.05) is 88.4 Å². The van der Waals surface area contributed by atoms with Crippen molar-refractivity contribution in [1.29, 1.82) is 0 Å². The Hall–Kier alpha value is -3.55. The first-order chi connectivity index (χ1) is 23.4. The number of hydrogen-bond acceptors (Lipinski definition) is 11. The third kappa shape index (κ3) is 13.7. The smallest absolute Gasteiger partial charge is 0.410 e. The van der Waals surface area contributed by atoms with Gasteiger partial charge in [-0.3, -0.25) is 9.69 Å². The Morgan fingerprint density at radius 3 is 1.96 bits per heavy atom. The van der Waals surface area contributed by atoms with Gasteiger partial charge in [0.1, 0.15) is 18.7 Å². The van der Waals surface area contributed by atoms with Gasteiger partial charge in [0.2, 0.25) is 0 Å². The van der Waals surface area contributed by atoms with Gasteiger partial charge in [-0.2, -0.15) is 0 Å². The highest BCUT2D eigenvalue weighted by Crippen LogP contribution is 2.28. The van der Waals surface area contributed by atoms with E-state index >= 15 is 0 Å². The molecule has 12 nitrogen and oxygen atoms in total. The molecule has 4 rings (SSSR count). The summed E-state index contributed by atoms with van der Waals surface area (Å²) in [6, 6.07) is 18.4. The largest absolute Gasteiger partial charge is 0.468 e. The molecule has 0 aliphatic carbocycles. The highest BCUT2D eigenvalue weighted by atomic mass is 16.6. The second-order valence-electron chi connectivity index (χ2n) is 13.4. The predicted molar refractivity (Wildman–Crippen MR) is 182 cm³/mol. The third-order valence-corrected chi connectivity index (χ3v) is 8.40. The number of nitrogens with zero attached hydrogens (tertiary/aromatic N) is 1. The number of methoxy groups -OCH3 is 2. The minimum Gasteiger partial charge on any atom is -0.468 e. The maximum Gasteiger partial charge on any atom is 0.410 e. The molecule has 0 unspecified atom stereocenters. The molecule has 2 aliphatic heterocycles. The second kappa shape index (κ2) is 19.6. The number of aliphatic hydroxyl groups excluding tert-OH is 1. The number of esters is 2. The van der Waals surface area contributed by atoms with Crippen LogP contribution in [0.5, 0.6) is 0 Å². The van der Waals surface area contributed by atoms with Gasteiger partial charge in [-0.1, -0.05) is 60.7 Å². The Labute approximate surface area is 290 Å². The molecule has 0 radical (unpaired) electrons. The molecule has 49 heavy (non-hydrogen) atoms. The molecule has 272 valence electrons. The van der Waals surface area contributed by atoms with Crippen LogP contribution in [0.15, 0.2) is 60.7 Å². The molecule has 2 aromatic carbocycles. The van der Waals surface area contributed by atoms with Gasteiger partial charge in [0.05, 0.1) is 50.8 Å². The van der Waals surface area contributed by atoms with Crippen LogP contribution in [0, 0.1) is 0 Å². The lowest BCUT2D eigenvalue weighted by atomic mass is 10.0. The highest BCUT2D eigenvalue weighted by molar-refractivity contribution is 5.82. The van der Waals surface area contributed by atoms with Crippen LogP contribution >= 0.6 is 0 Å². The van der Waals surface area contributed by atoms with Gasteiger partial charge in [-0.25, -0.2) is 9.59 Å². The number of carbonyl (C=O) groups is 3. The zero-order valence-electron chi connectivity index (χ0n) is 29.7. The summed E-state index contributed by atoms with van der Waals surface area (Å²) in [5, 5.41) is 11.9. The van der Waals surface area contributed by atoms with Crippen molar-refractivity contribution >= 4 is 18.0 Å². The van der Waals surface area contributed by atoms with Crippen molar-refractivity contribution in [3.63, 3.8) is 0 Å². The minimum atomic E-state index is -0.728. The monoisotopic (exact) mass is 686 g/mol. The molecular weight excluding hydrogens is 632 g/mol. The fraction of sp³-hybridized carbons (Fsp3) is 0.595. The van der Waals surface area contributed by atoms with E-state index in [1.54, 1.807) is 0 Å². The van der Waals surface area contributed by atoms with Gasteiger partial charge in [-0.15, -0.1) is 0 Å². The van der Waals surface area contributed by atoms with E-state index in [-0.39, 0.29) is 49.6 Å². The first-order valence-electron chi connectivity index (χ1n) is 16.8. The maximum absolute atomic E-state index is 12.7. The zero-order chi connectivity index (χ0) is 35.9. The van der Waals surface area contributed by atoms with Crippen LogP contribution in [0.2, 0.25) is 0 Å². The van der Waals surface area contributed by atoms with Crippen molar-refractivity contribution in [3.05, 3.63) is 71.8 Å². The van der Waals surface area contributed by atoms with Crippen LogP contribution in [0.4, 0.5) is 4.79 Å². The first-order valence-corrected chi connectivity index (χ1v) is 16.8. The van der Waals surface area contributed by atoms with Crippen LogP contribution < -0.4 is 5.32 Å². The minimum absolute atomic E-state index is 0.00523. The van der Waals surface area contributed by atoms with Crippen LogP contribution in [0.1, 0.15) is 64.5 Å². The van der Waals surface area contributed by atoms with E-state index in [9.17, 15) is 14.4 Å². The molecule has 1 amide bonds. The molecule has 2 saturated heterocycles. The lowest BCUT2D eigenvalue weighted by Crippen LogP contribution is -2.41. The Morgan fingerprint density at radius 2 is 1.37 bits per heavy atom. The summed E-state index contributed by atoms with van der Waals surface area (Å²) in [4.78, 5) is 37.7. The lowest BCUT2D eigenvalue weighted by Gasteiger charge is -2.29. The van der Waals surface area contributed by atoms with Gasteiger partial charge in [0, 0.05) is 32.6 Å². The van der Waals surface area contributed by atoms with Gasteiger partial charge < -0.3 is 38.8 Å². The molecule has 2 aromatic rings. The normalized spacial score (nSPS) is 20.7. The maximum atomic E-state index is 12.7. The number of likely N-dealkylation sites (tertiary alicyclic amines) is 1. The van der Waals surface area contributed by atoms with E-state index in [0.29, 0.717) is 45.4 Å². The summed E-state index contributed by atoms with van der Waals surface area (Å²) in [6.45, 7) is 10.1. The number of ether oxygens (including phenoxy) is 6. The highest BCUT2D eigenvalue weighted by Gasteiger charge is 2.43. The number of benzene rings is 2. The lowest BCUT2D eigenvalue weighted by molar-refractivity contribution is -0.145. The number of amides is 1. The summed E-state index contributed by atoms with van der Waals surface area (Å²) in [7, 11) is 2.70. The van der Waals surface area contributed by atoms with Gasteiger partial charge in [0.15, 0.2) is 0 Å². The Bertz CT molecular complexity index is 1290. The van der Waals surface area contributed by atoms with Gasteiger partial charge in [0.25, 0.3) is 0 Å². The first kappa shape index (κ1) is 39.9. The SMILES string of the molecule is COC(=O)[C@@H]1C[C@@H](OC(C)(C)CCO)CN1.COC(=O)[C@@H]1C[C@@H](OC(C)(C)CCOCc2ccccc2)CN1C(=O)OCc1ccccc1. The Morgan fingerprint density at radius 1 is 0.796 bits per heavy atom. The van der Waals surface area contributed by atoms with E-state index in [1.165, 1.54) is 19.1 Å². The number of nitrogens with one attached hydrogen (secondary N) is 1. The average Bonchev–Trinajstić information content (AvgIpc) is 3.73. The van der Waals surface area contributed by atoms with Crippen molar-refractivity contribution in [1.82, 2.24) is 10.2 Å². The van der Waals surface area contributed by atoms with Crippen molar-refractivity contribution in [2.24, 2.45) is 0 Å². The molecule has 12 heteroatoms. The average molecular weight is 687 g/mol. The van der Waals surface area contributed by atoms with Crippen molar-refractivity contribution < 1.29 is 47.9 Å². The summed E-state index contributed by atoms with van der Waals surface area (Å²) >= 11 is 0. The van der Waals surface area contributed by atoms with Crippen LogP contribution in [0.3, 0.4) is 0 Å². The van der Waals surface area contributed by atoms with E-state index in [0.717, 1.165) is 11.1 Å². The fourth-order valence-corrected chi connectivity index (χ4v) is 5.73. The van der Waals surface area contributed by atoms with Crippen LogP contribution in [-0.4, -0.2) is 104 Å². The quantitative estimate of drug-likeness (QED) is 0.156. The standard InChI is InChI=1S/C26H33NO6.C11H21NO4/c1-26(2,14-15-31-18-20-10-6-4-7-11-20)33-22-16-23(24(28)30-3)27(17-22)25(29)32-19-21-12-8-5-9-13-21;1-11(2,4-5-13)16-8-6-9(12-7-8)10(14)15-3/h4-13,22-23H,14-19H2,1-3H3;8-9,12-13H,4-7H2,1-3H3/t22-,23+;8-,9+/m11/s1. The van der Waals surface area contributed by atoms with Crippen LogP contribution in [-0.2, 0) is 51.2 Å². The number of aliphatic hydroxyl groups is 1. The zero-order valence-corrected chi connectivity index (χ0v) is 29.7. The summed E-state index contributed by atoms with van der Waals surface area (Å²) in [5.74, 6) is -0.715. The number of rotatable bonds is 15. The molecule has 2 heterocycles.